The van der Waals surface area contributed by atoms with E-state index in [0.717, 1.165) is 59.2 Å². The summed E-state index contributed by atoms with van der Waals surface area (Å²) in [6.07, 6.45) is 5.06. The van der Waals surface area contributed by atoms with E-state index in [9.17, 15) is 19.2 Å². The molecule has 13 nitrogen and oxygen atoms in total. The number of H-pyrrole nitrogens is 1. The molecule has 7 atom stereocenters. The molecule has 0 unspecified atom stereocenters. The van der Waals surface area contributed by atoms with Crippen molar-refractivity contribution in [2.24, 2.45) is 22.7 Å². The summed E-state index contributed by atoms with van der Waals surface area (Å²) in [7, 11) is 2.64. The van der Waals surface area contributed by atoms with E-state index in [1.165, 1.54) is 14.2 Å². The Morgan fingerprint density at radius 3 is 2.10 bits per heavy atom. The highest BCUT2D eigenvalue weighted by atomic mass is 35.5. The maximum atomic E-state index is 14.2. The van der Waals surface area contributed by atoms with Crippen molar-refractivity contribution in [1.82, 2.24) is 25.1 Å². The number of fused-ring (bicyclic) bond motifs is 2. The number of hydrogen-bond acceptors (Lipinski definition) is 9. The summed E-state index contributed by atoms with van der Waals surface area (Å²) in [5.41, 5.74) is 6.29. The second kappa shape index (κ2) is 15.8. The highest BCUT2D eigenvalue weighted by molar-refractivity contribution is 6.35. The molecule has 3 saturated heterocycles. The smallest absolute Gasteiger partial charge is 0.407 e. The molecule has 0 radical (unpaired) electrons. The third kappa shape index (κ3) is 7.41. The minimum absolute atomic E-state index is 0.0315. The molecule has 3 aromatic rings. The summed E-state index contributed by atoms with van der Waals surface area (Å²) < 4.78 is 15.2. The topological polar surface area (TPSA) is 156 Å². The van der Waals surface area contributed by atoms with Gasteiger partial charge in [-0.1, -0.05) is 71.7 Å². The first-order chi connectivity index (χ1) is 28.1. The number of aromatic amines is 1. The lowest BCUT2D eigenvalue weighted by atomic mass is 9.90. The number of carbonyl (C=O) groups excluding carboxylic acids is 4. The number of nitrogens with zero attached hydrogens (tertiary/aromatic N) is 4. The number of methoxy groups -OCH3 is 2. The molecule has 2 saturated carbocycles. The van der Waals surface area contributed by atoms with Crippen molar-refractivity contribution in [3.63, 3.8) is 0 Å². The molecule has 15 heteroatoms. The van der Waals surface area contributed by atoms with Gasteiger partial charge in [-0.15, -0.1) is 0 Å². The van der Waals surface area contributed by atoms with Crippen molar-refractivity contribution < 1.29 is 33.4 Å². The van der Waals surface area contributed by atoms with Gasteiger partial charge in [0.2, 0.25) is 11.8 Å². The number of hydrogen-bond donors (Lipinski definition) is 2. The average Bonchev–Trinajstić information content (AvgIpc) is 3.96. The second-order valence-corrected chi connectivity index (χ2v) is 17.0. The summed E-state index contributed by atoms with van der Waals surface area (Å²) in [6, 6.07) is 15.5. The number of esters is 1. The quantitative estimate of drug-likeness (QED) is 0.156. The van der Waals surface area contributed by atoms with Crippen LogP contribution in [0.4, 0.5) is 4.79 Å². The zero-order valence-corrected chi connectivity index (χ0v) is 33.9. The normalized spacial score (nSPS) is 26.5. The Hall–Kier alpha value is -4.72. The van der Waals surface area contributed by atoms with Gasteiger partial charge in [0.25, 0.3) is 0 Å². The van der Waals surface area contributed by atoms with E-state index in [0.29, 0.717) is 66.1 Å². The van der Waals surface area contributed by atoms with Crippen molar-refractivity contribution in [1.29, 1.82) is 0 Å². The van der Waals surface area contributed by atoms with Crippen LogP contribution in [-0.4, -0.2) is 101 Å². The molecular formula is C43H46Cl2N6O7. The molecule has 5 heterocycles. The zero-order chi connectivity index (χ0) is 40.2. The van der Waals surface area contributed by atoms with Crippen LogP contribution in [0.1, 0.15) is 75.2 Å². The van der Waals surface area contributed by atoms with Crippen molar-refractivity contribution in [3.05, 3.63) is 70.2 Å². The van der Waals surface area contributed by atoms with Crippen LogP contribution in [-0.2, 0) is 28.6 Å². The number of amides is 3. The number of benzene rings is 2. The minimum Gasteiger partial charge on any atom is -0.469 e. The van der Waals surface area contributed by atoms with Gasteiger partial charge in [0.1, 0.15) is 27.9 Å². The van der Waals surface area contributed by atoms with Gasteiger partial charge < -0.3 is 34.3 Å². The van der Waals surface area contributed by atoms with E-state index in [2.05, 4.69) is 34.6 Å². The number of allylic oxidation sites excluding steroid dienone is 1. The highest BCUT2D eigenvalue weighted by Crippen LogP contribution is 2.54. The Morgan fingerprint density at radius 2 is 1.45 bits per heavy atom. The third-order valence-electron chi connectivity index (χ3n) is 12.9. The molecule has 304 valence electrons. The van der Waals surface area contributed by atoms with Crippen molar-refractivity contribution in [2.45, 2.75) is 88.0 Å². The molecular weight excluding hydrogens is 783 g/mol. The number of nitrogens with one attached hydrogen (secondary N) is 2. The Morgan fingerprint density at radius 1 is 0.828 bits per heavy atom. The van der Waals surface area contributed by atoms with Crippen molar-refractivity contribution in [2.75, 3.05) is 27.4 Å². The van der Waals surface area contributed by atoms with Gasteiger partial charge in [-0.3, -0.25) is 14.4 Å². The molecule has 58 heavy (non-hydrogen) atoms. The summed E-state index contributed by atoms with van der Waals surface area (Å²) in [4.78, 5) is 68.2. The van der Waals surface area contributed by atoms with E-state index in [1.54, 1.807) is 0 Å². The largest absolute Gasteiger partial charge is 0.469 e. The second-order valence-electron chi connectivity index (χ2n) is 16.3. The molecule has 2 aromatic carbocycles. The number of piperidine rings is 2. The van der Waals surface area contributed by atoms with E-state index in [-0.39, 0.29) is 54.7 Å². The first-order valence-electron chi connectivity index (χ1n) is 20.2. The van der Waals surface area contributed by atoms with Gasteiger partial charge in [-0.05, 0) is 73.0 Å². The summed E-state index contributed by atoms with van der Waals surface area (Å²) in [5.74, 6) is 0.942. The molecule has 6 aliphatic rings. The van der Waals surface area contributed by atoms with Crippen molar-refractivity contribution in [3.8, 4) is 22.4 Å². The Balaban J connectivity index is 0.856. The summed E-state index contributed by atoms with van der Waals surface area (Å²) in [5, 5.41) is 3.70. The molecule has 2 N–H and O–H groups in total. The third-order valence-corrected chi connectivity index (χ3v) is 13.5. The van der Waals surface area contributed by atoms with Gasteiger partial charge in [0, 0.05) is 55.0 Å². The Labute approximate surface area is 346 Å². The van der Waals surface area contributed by atoms with Gasteiger partial charge in [-0.2, -0.15) is 0 Å². The number of imidazole rings is 1. The SMILES string of the molecule is COC(=O)CCC(=O)N1[C@@H]2C[C@@H]2C[C@H]1c1nc(-c2ccc(-c3ccc(C4=C(Cl)N=C([C@@H]5C[C@H]6C[C@H]6N5C(=O)[C@@H](NC(=O)OC)C5CCOCC5)C4)cc3)cc2)c(Cl)[nH]1. The average molecular weight is 830 g/mol. The van der Waals surface area contributed by atoms with Gasteiger partial charge in [-0.25, -0.2) is 14.8 Å². The van der Waals surface area contributed by atoms with Crippen LogP contribution in [0.3, 0.4) is 0 Å². The minimum atomic E-state index is -0.685. The van der Waals surface area contributed by atoms with Crippen molar-refractivity contribution >= 4 is 58.4 Å². The number of carbonyl (C=O) groups is 4. The molecule has 1 aromatic heterocycles. The van der Waals surface area contributed by atoms with E-state index in [1.807, 2.05) is 34.1 Å². The van der Waals surface area contributed by atoms with Crippen LogP contribution in [0.5, 0.6) is 0 Å². The molecule has 0 bridgehead atoms. The standard InChI is InChI=1S/C43H46Cl2N6O7/c1-56-36(53)12-11-35(52)50-31-17-28(31)20-34(50)41-47-37(40(45)49-41)25-9-5-23(6-10-25)22-3-7-24(8-4-22)29-21-30(46-39(29)44)33-19-27-18-32(27)51(33)42(54)38(48-43(55)57-2)26-13-15-58-16-14-26/h3-10,26-28,31-34,38H,11-21H2,1-2H3,(H,47,49)(H,48,55)/t27-,28-,31-,32-,33+,34+,38+/m1/s1. The summed E-state index contributed by atoms with van der Waals surface area (Å²) >= 11 is 13.5. The van der Waals surface area contributed by atoms with E-state index < -0.39 is 18.1 Å². The van der Waals surface area contributed by atoms with Crippen LogP contribution in [0.2, 0.25) is 5.15 Å². The van der Waals surface area contributed by atoms with Crippen LogP contribution in [0.25, 0.3) is 28.0 Å². The van der Waals surface area contributed by atoms with Crippen LogP contribution in [0.15, 0.2) is 58.7 Å². The number of halogens is 2. The Bertz CT molecular complexity index is 2180. The number of alkyl carbamates (subject to hydrolysis) is 1. The van der Waals surface area contributed by atoms with E-state index >= 15 is 0 Å². The lowest BCUT2D eigenvalue weighted by Crippen LogP contribution is -2.56. The molecule has 3 amide bonds. The number of aromatic nitrogens is 2. The fourth-order valence-electron chi connectivity index (χ4n) is 9.65. The highest BCUT2D eigenvalue weighted by Gasteiger charge is 2.57. The molecule has 9 rings (SSSR count). The zero-order valence-electron chi connectivity index (χ0n) is 32.4. The van der Waals surface area contributed by atoms with Gasteiger partial charge in [0.15, 0.2) is 0 Å². The first-order valence-corrected chi connectivity index (χ1v) is 20.9. The number of ether oxygens (including phenoxy) is 3. The van der Waals surface area contributed by atoms with Gasteiger partial charge in [0.05, 0.1) is 32.7 Å². The number of rotatable bonds is 11. The van der Waals surface area contributed by atoms with Crippen LogP contribution < -0.4 is 5.32 Å². The number of aliphatic imine (C=N–C) groups is 1. The van der Waals surface area contributed by atoms with Crippen LogP contribution in [0, 0.1) is 17.8 Å². The first kappa shape index (κ1) is 38.8. The monoisotopic (exact) mass is 828 g/mol. The predicted molar refractivity (Wildman–Crippen MR) is 217 cm³/mol. The van der Waals surface area contributed by atoms with Crippen LogP contribution >= 0.6 is 23.2 Å². The van der Waals surface area contributed by atoms with Gasteiger partial charge >= 0.3 is 12.1 Å². The lowest BCUT2D eigenvalue weighted by Gasteiger charge is -2.36. The Kier molecular flexibility index (Phi) is 10.6. The predicted octanol–water partition coefficient (Wildman–Crippen LogP) is 6.90. The molecule has 0 spiro atoms. The molecule has 4 aliphatic heterocycles. The fourth-order valence-corrected chi connectivity index (χ4v) is 10.2. The number of likely N-dealkylation sites (tertiary alicyclic amines) is 2. The summed E-state index contributed by atoms with van der Waals surface area (Å²) in [6.45, 7) is 1.11. The maximum Gasteiger partial charge on any atom is 0.407 e. The molecule has 5 fully saturated rings. The molecule has 2 aliphatic carbocycles. The maximum absolute atomic E-state index is 14.2. The fraction of sp³-hybridized carbons (Fsp3) is 0.488. The lowest BCUT2D eigenvalue weighted by molar-refractivity contribution is -0.144. The van der Waals surface area contributed by atoms with E-state index in [4.69, 9.17) is 47.4 Å².